The molecule has 1 N–H and O–H groups in total. The molecule has 2 aliphatic carbocycles. The zero-order valence-electron chi connectivity index (χ0n) is 8.21. The van der Waals surface area contributed by atoms with Gasteiger partial charge in [-0.25, -0.2) is 0 Å². The van der Waals surface area contributed by atoms with Gasteiger partial charge in [-0.3, -0.25) is 0 Å². The van der Waals surface area contributed by atoms with Gasteiger partial charge in [-0.1, -0.05) is 26.7 Å². The molecular formula is C11H20O. The first-order valence-electron chi connectivity index (χ1n) is 5.29. The Hall–Kier alpha value is -0.0400. The molecule has 2 atom stereocenters. The second kappa shape index (κ2) is 2.73. The second-order valence-corrected chi connectivity index (χ2v) is 5.33. The van der Waals surface area contributed by atoms with Crippen LogP contribution in [-0.4, -0.2) is 11.2 Å². The Bertz CT molecular complexity index is 163. The normalized spacial score (nSPS) is 36.8. The van der Waals surface area contributed by atoms with Crippen molar-refractivity contribution in [2.75, 3.05) is 0 Å². The summed E-state index contributed by atoms with van der Waals surface area (Å²) in [6.07, 6.45) is 6.48. The Morgan fingerprint density at radius 3 is 2.17 bits per heavy atom. The minimum atomic E-state index is 0.0162. The molecule has 2 saturated carbocycles. The number of hydrogen-bond donors (Lipinski definition) is 1. The quantitative estimate of drug-likeness (QED) is 0.672. The van der Waals surface area contributed by atoms with E-state index in [2.05, 4.69) is 13.8 Å². The topological polar surface area (TPSA) is 20.2 Å². The molecule has 2 aliphatic rings. The van der Waals surface area contributed by atoms with Gasteiger partial charge in [0.05, 0.1) is 6.10 Å². The van der Waals surface area contributed by atoms with Crippen LogP contribution >= 0.6 is 0 Å². The Kier molecular flexibility index (Phi) is 1.95. The molecule has 2 unspecified atom stereocenters. The molecule has 0 radical (unpaired) electrons. The Labute approximate surface area is 75.2 Å². The lowest BCUT2D eigenvalue weighted by Gasteiger charge is -2.18. The van der Waals surface area contributed by atoms with Crippen molar-refractivity contribution in [3.05, 3.63) is 0 Å². The van der Waals surface area contributed by atoms with Crippen molar-refractivity contribution in [2.24, 2.45) is 17.3 Å². The van der Waals surface area contributed by atoms with E-state index >= 15 is 0 Å². The first-order valence-corrected chi connectivity index (χ1v) is 5.29. The molecule has 0 bridgehead atoms. The summed E-state index contributed by atoms with van der Waals surface area (Å²) in [7, 11) is 0. The predicted octanol–water partition coefficient (Wildman–Crippen LogP) is 2.58. The van der Waals surface area contributed by atoms with Gasteiger partial charge in [0.15, 0.2) is 0 Å². The highest BCUT2D eigenvalue weighted by atomic mass is 16.3. The van der Waals surface area contributed by atoms with Crippen LogP contribution in [0.1, 0.15) is 46.0 Å². The van der Waals surface area contributed by atoms with E-state index in [4.69, 9.17) is 0 Å². The molecule has 0 saturated heterocycles. The maximum Gasteiger partial charge on any atom is 0.0601 e. The summed E-state index contributed by atoms with van der Waals surface area (Å²) in [5.74, 6) is 1.25. The molecule has 0 aliphatic heterocycles. The van der Waals surface area contributed by atoms with E-state index in [1.807, 2.05) is 0 Å². The van der Waals surface area contributed by atoms with E-state index in [0.717, 1.165) is 0 Å². The summed E-state index contributed by atoms with van der Waals surface area (Å²) in [6.45, 7) is 4.55. The molecule has 1 heteroatoms. The second-order valence-electron chi connectivity index (χ2n) is 5.33. The van der Waals surface area contributed by atoms with Gasteiger partial charge in [0.2, 0.25) is 0 Å². The molecule has 70 valence electrons. The average molecular weight is 168 g/mol. The van der Waals surface area contributed by atoms with Crippen LogP contribution in [0, 0.1) is 17.3 Å². The molecule has 12 heavy (non-hydrogen) atoms. The summed E-state index contributed by atoms with van der Waals surface area (Å²) >= 11 is 0. The molecule has 1 nitrogen and oxygen atoms in total. The standard InChI is InChI=1S/C11H20O/c1-11(2)7-9(11)10(12)8-5-3-4-6-8/h8-10,12H,3-7H2,1-2H3. The Morgan fingerprint density at radius 1 is 1.25 bits per heavy atom. The summed E-state index contributed by atoms with van der Waals surface area (Å²) in [6, 6.07) is 0. The van der Waals surface area contributed by atoms with Crippen molar-refractivity contribution in [3.8, 4) is 0 Å². The average Bonchev–Trinajstić information content (AvgIpc) is 2.56. The minimum Gasteiger partial charge on any atom is -0.393 e. The van der Waals surface area contributed by atoms with Crippen LogP contribution in [0.15, 0.2) is 0 Å². The van der Waals surface area contributed by atoms with E-state index < -0.39 is 0 Å². The van der Waals surface area contributed by atoms with Gasteiger partial charge < -0.3 is 5.11 Å². The molecule has 0 amide bonds. The maximum absolute atomic E-state index is 10.0. The van der Waals surface area contributed by atoms with E-state index in [-0.39, 0.29) is 6.10 Å². The van der Waals surface area contributed by atoms with Gasteiger partial charge in [0, 0.05) is 0 Å². The molecule has 2 rings (SSSR count). The SMILES string of the molecule is CC1(C)CC1C(O)C1CCCC1. The van der Waals surface area contributed by atoms with Crippen molar-refractivity contribution in [2.45, 2.75) is 52.1 Å². The third-order valence-electron chi connectivity index (χ3n) is 3.88. The first-order chi connectivity index (χ1) is 5.61. The highest BCUT2D eigenvalue weighted by Crippen LogP contribution is 2.56. The van der Waals surface area contributed by atoms with Crippen LogP contribution < -0.4 is 0 Å². The summed E-state index contributed by atoms with van der Waals surface area (Å²) in [5.41, 5.74) is 0.446. The monoisotopic (exact) mass is 168 g/mol. The fourth-order valence-electron chi connectivity index (χ4n) is 2.72. The number of hydrogen-bond acceptors (Lipinski definition) is 1. The van der Waals surface area contributed by atoms with Crippen molar-refractivity contribution in [3.63, 3.8) is 0 Å². The lowest BCUT2D eigenvalue weighted by molar-refractivity contribution is 0.0776. The zero-order chi connectivity index (χ0) is 8.77. The zero-order valence-corrected chi connectivity index (χ0v) is 8.21. The van der Waals surface area contributed by atoms with Crippen LogP contribution in [0.4, 0.5) is 0 Å². The number of rotatable bonds is 2. The van der Waals surface area contributed by atoms with Gasteiger partial charge in [-0.2, -0.15) is 0 Å². The molecule has 0 heterocycles. The van der Waals surface area contributed by atoms with Crippen molar-refractivity contribution in [1.82, 2.24) is 0 Å². The predicted molar refractivity (Wildman–Crippen MR) is 49.9 cm³/mol. The fourth-order valence-corrected chi connectivity index (χ4v) is 2.72. The maximum atomic E-state index is 10.0. The van der Waals surface area contributed by atoms with Gasteiger partial charge in [-0.15, -0.1) is 0 Å². The van der Waals surface area contributed by atoms with Gasteiger partial charge in [0.1, 0.15) is 0 Å². The third kappa shape index (κ3) is 1.39. The molecule has 2 fully saturated rings. The van der Waals surface area contributed by atoms with Crippen LogP contribution in [-0.2, 0) is 0 Å². The number of aliphatic hydroxyl groups is 1. The van der Waals surface area contributed by atoms with E-state index in [9.17, 15) is 5.11 Å². The van der Waals surface area contributed by atoms with Gasteiger partial charge in [-0.05, 0) is 36.5 Å². The fraction of sp³-hybridized carbons (Fsp3) is 1.00. The molecular weight excluding hydrogens is 148 g/mol. The number of aliphatic hydroxyl groups excluding tert-OH is 1. The van der Waals surface area contributed by atoms with E-state index in [0.29, 0.717) is 17.3 Å². The van der Waals surface area contributed by atoms with Crippen LogP contribution in [0.5, 0.6) is 0 Å². The molecule has 0 spiro atoms. The smallest absolute Gasteiger partial charge is 0.0601 e. The van der Waals surface area contributed by atoms with Crippen molar-refractivity contribution < 1.29 is 5.11 Å². The Balaban J connectivity index is 1.88. The summed E-state index contributed by atoms with van der Waals surface area (Å²) in [4.78, 5) is 0. The van der Waals surface area contributed by atoms with Crippen molar-refractivity contribution >= 4 is 0 Å². The lowest BCUT2D eigenvalue weighted by atomic mass is 9.93. The van der Waals surface area contributed by atoms with Crippen LogP contribution in [0.2, 0.25) is 0 Å². The van der Waals surface area contributed by atoms with E-state index in [1.165, 1.54) is 32.1 Å². The Morgan fingerprint density at radius 2 is 1.75 bits per heavy atom. The van der Waals surface area contributed by atoms with Crippen molar-refractivity contribution in [1.29, 1.82) is 0 Å². The molecule has 0 aromatic heterocycles. The molecule has 0 aromatic carbocycles. The highest BCUT2D eigenvalue weighted by Gasteiger charge is 2.51. The first kappa shape index (κ1) is 8.55. The highest BCUT2D eigenvalue weighted by molar-refractivity contribution is 5.01. The van der Waals surface area contributed by atoms with Gasteiger partial charge >= 0.3 is 0 Å². The van der Waals surface area contributed by atoms with Crippen LogP contribution in [0.25, 0.3) is 0 Å². The molecule has 0 aromatic rings. The lowest BCUT2D eigenvalue weighted by Crippen LogP contribution is -2.22. The van der Waals surface area contributed by atoms with Gasteiger partial charge in [0.25, 0.3) is 0 Å². The largest absolute Gasteiger partial charge is 0.393 e. The summed E-state index contributed by atoms with van der Waals surface area (Å²) < 4.78 is 0. The third-order valence-corrected chi connectivity index (χ3v) is 3.88. The summed E-state index contributed by atoms with van der Waals surface area (Å²) in [5, 5.41) is 10.0. The minimum absolute atomic E-state index is 0.0162. The van der Waals surface area contributed by atoms with E-state index in [1.54, 1.807) is 0 Å². The van der Waals surface area contributed by atoms with Crippen LogP contribution in [0.3, 0.4) is 0 Å².